The molecular weight excluding hydrogens is 266 g/mol. The van der Waals surface area contributed by atoms with E-state index in [4.69, 9.17) is 5.11 Å². The van der Waals surface area contributed by atoms with Crippen LogP contribution in [-0.4, -0.2) is 21.8 Å². The molecule has 0 amide bonds. The molecule has 4 nitrogen and oxygen atoms in total. The number of carbonyl (C=O) groups is 1. The lowest BCUT2D eigenvalue weighted by atomic mass is 10.1. The Balaban J connectivity index is 0.000000240. The van der Waals surface area contributed by atoms with E-state index in [9.17, 15) is 4.79 Å². The fraction of sp³-hybridized carbons (Fsp3) is 0.294. The van der Waals surface area contributed by atoms with Crippen molar-refractivity contribution in [3.8, 4) is 0 Å². The second-order valence-corrected chi connectivity index (χ2v) is 5.44. The van der Waals surface area contributed by atoms with Crippen LogP contribution in [0.4, 0.5) is 4.79 Å². The average Bonchev–Trinajstić information content (AvgIpc) is 2.37. The van der Waals surface area contributed by atoms with Crippen LogP contribution in [0.3, 0.4) is 0 Å². The van der Waals surface area contributed by atoms with Gasteiger partial charge < -0.3 is 9.84 Å². The molecule has 0 spiro atoms. The lowest BCUT2D eigenvalue weighted by Gasteiger charge is -2.15. The Labute approximate surface area is 125 Å². The highest BCUT2D eigenvalue weighted by molar-refractivity contribution is 5.80. The standard InChI is InChI=1S/C12H11N.C5H10O3/c1-2-5-10-8-11-6-3-4-7-12(11)13-9-10;1-5(2,3)8-4(6)7/h2-9H,1H3;1-3H3,(H,6,7). The Morgan fingerprint density at radius 3 is 2.48 bits per heavy atom. The maximum absolute atomic E-state index is 9.79. The first-order valence-electron chi connectivity index (χ1n) is 6.71. The van der Waals surface area contributed by atoms with Crippen LogP contribution in [0.1, 0.15) is 33.3 Å². The van der Waals surface area contributed by atoms with Gasteiger partial charge in [-0.1, -0.05) is 30.4 Å². The van der Waals surface area contributed by atoms with E-state index in [2.05, 4.69) is 27.9 Å². The summed E-state index contributed by atoms with van der Waals surface area (Å²) < 4.78 is 4.35. The summed E-state index contributed by atoms with van der Waals surface area (Å²) in [6.45, 7) is 7.05. The number of rotatable bonds is 1. The van der Waals surface area contributed by atoms with Crippen LogP contribution in [-0.2, 0) is 4.74 Å². The molecule has 0 saturated carbocycles. The average molecular weight is 287 g/mol. The highest BCUT2D eigenvalue weighted by Gasteiger charge is 2.13. The van der Waals surface area contributed by atoms with E-state index in [1.807, 2.05) is 37.4 Å². The summed E-state index contributed by atoms with van der Waals surface area (Å²) in [6, 6.07) is 10.3. The summed E-state index contributed by atoms with van der Waals surface area (Å²) >= 11 is 0. The Morgan fingerprint density at radius 1 is 1.29 bits per heavy atom. The molecule has 0 aliphatic heterocycles. The third kappa shape index (κ3) is 6.56. The molecule has 2 aromatic rings. The van der Waals surface area contributed by atoms with E-state index >= 15 is 0 Å². The molecule has 0 unspecified atom stereocenters. The van der Waals surface area contributed by atoms with Crippen molar-refractivity contribution in [3.63, 3.8) is 0 Å². The molecule has 1 aromatic heterocycles. The summed E-state index contributed by atoms with van der Waals surface area (Å²) in [5.41, 5.74) is 1.63. The second-order valence-electron chi connectivity index (χ2n) is 5.44. The van der Waals surface area contributed by atoms with Crippen LogP contribution in [0.15, 0.2) is 42.6 Å². The molecular formula is C17H21NO3. The van der Waals surface area contributed by atoms with E-state index in [-0.39, 0.29) is 0 Å². The maximum Gasteiger partial charge on any atom is 0.506 e. The van der Waals surface area contributed by atoms with Crippen molar-refractivity contribution in [2.75, 3.05) is 0 Å². The van der Waals surface area contributed by atoms with E-state index < -0.39 is 11.8 Å². The molecule has 0 saturated heterocycles. The van der Waals surface area contributed by atoms with E-state index in [1.165, 1.54) is 5.39 Å². The van der Waals surface area contributed by atoms with Crippen LogP contribution in [0.25, 0.3) is 17.0 Å². The maximum atomic E-state index is 9.79. The minimum atomic E-state index is -1.22. The molecule has 1 heterocycles. The summed E-state index contributed by atoms with van der Waals surface area (Å²) in [5.74, 6) is 0. The number of allylic oxidation sites excluding steroid dienone is 1. The normalized spacial score (nSPS) is 11.0. The van der Waals surface area contributed by atoms with Gasteiger partial charge in [0.05, 0.1) is 5.52 Å². The van der Waals surface area contributed by atoms with Gasteiger partial charge in [-0.15, -0.1) is 0 Å². The van der Waals surface area contributed by atoms with Gasteiger partial charge in [0.1, 0.15) is 5.60 Å². The minimum Gasteiger partial charge on any atom is -0.450 e. The van der Waals surface area contributed by atoms with Gasteiger partial charge in [-0.2, -0.15) is 0 Å². The number of para-hydroxylation sites is 1. The molecule has 1 aromatic carbocycles. The largest absolute Gasteiger partial charge is 0.506 e. The first kappa shape index (κ1) is 16.7. The van der Waals surface area contributed by atoms with Crippen molar-refractivity contribution in [1.29, 1.82) is 0 Å². The predicted octanol–water partition coefficient (Wildman–Crippen LogP) is 4.75. The SMILES string of the molecule is CC(C)(C)OC(=O)O.CC=Cc1cnc2ccccc2c1. The van der Waals surface area contributed by atoms with Crippen molar-refractivity contribution in [3.05, 3.63) is 48.2 Å². The van der Waals surface area contributed by atoms with Gasteiger partial charge in [-0.05, 0) is 45.4 Å². The summed E-state index contributed by atoms with van der Waals surface area (Å²) in [6.07, 6.45) is 4.74. The molecule has 0 bridgehead atoms. The van der Waals surface area contributed by atoms with Crippen molar-refractivity contribution >= 4 is 23.1 Å². The Morgan fingerprint density at radius 2 is 1.95 bits per heavy atom. The van der Waals surface area contributed by atoms with E-state index in [1.54, 1.807) is 20.8 Å². The van der Waals surface area contributed by atoms with Gasteiger partial charge in [0.25, 0.3) is 0 Å². The van der Waals surface area contributed by atoms with Crippen molar-refractivity contribution in [2.45, 2.75) is 33.3 Å². The zero-order valence-corrected chi connectivity index (χ0v) is 12.8. The van der Waals surface area contributed by atoms with Crippen molar-refractivity contribution < 1.29 is 14.6 Å². The monoisotopic (exact) mass is 287 g/mol. The number of carboxylic acid groups (broad SMARTS) is 1. The van der Waals surface area contributed by atoms with Crippen molar-refractivity contribution in [1.82, 2.24) is 4.98 Å². The summed E-state index contributed by atoms with van der Waals surface area (Å²) in [5, 5.41) is 9.22. The van der Waals surface area contributed by atoms with E-state index in [0.717, 1.165) is 11.1 Å². The first-order valence-corrected chi connectivity index (χ1v) is 6.71. The Kier molecular flexibility index (Phi) is 5.91. The lowest BCUT2D eigenvalue weighted by molar-refractivity contribution is 0.0150. The molecule has 4 heteroatoms. The highest BCUT2D eigenvalue weighted by atomic mass is 16.7. The zero-order valence-electron chi connectivity index (χ0n) is 12.8. The number of pyridine rings is 1. The van der Waals surface area contributed by atoms with E-state index in [0.29, 0.717) is 0 Å². The lowest BCUT2D eigenvalue weighted by Crippen LogP contribution is -2.22. The number of fused-ring (bicyclic) bond motifs is 1. The van der Waals surface area contributed by atoms with Gasteiger partial charge in [-0.3, -0.25) is 4.98 Å². The van der Waals surface area contributed by atoms with Crippen LogP contribution in [0.2, 0.25) is 0 Å². The van der Waals surface area contributed by atoms with Crippen molar-refractivity contribution in [2.24, 2.45) is 0 Å². The zero-order chi connectivity index (χ0) is 15.9. The summed E-state index contributed by atoms with van der Waals surface area (Å²) in [4.78, 5) is 14.1. The van der Waals surface area contributed by atoms with Crippen LogP contribution in [0, 0.1) is 0 Å². The smallest absolute Gasteiger partial charge is 0.450 e. The van der Waals surface area contributed by atoms with Gasteiger partial charge in [-0.25, -0.2) is 4.79 Å². The molecule has 0 atom stereocenters. The van der Waals surface area contributed by atoms with Gasteiger partial charge >= 0.3 is 6.16 Å². The number of nitrogens with zero attached hydrogens (tertiary/aromatic N) is 1. The quantitative estimate of drug-likeness (QED) is 0.769. The number of hydrogen-bond donors (Lipinski definition) is 1. The highest BCUT2D eigenvalue weighted by Crippen LogP contribution is 2.13. The molecule has 0 radical (unpaired) electrons. The minimum absolute atomic E-state index is 0.578. The molecule has 0 fully saturated rings. The number of hydrogen-bond acceptors (Lipinski definition) is 3. The van der Waals surface area contributed by atoms with Crippen LogP contribution in [0.5, 0.6) is 0 Å². The number of aromatic nitrogens is 1. The topological polar surface area (TPSA) is 59.4 Å². The van der Waals surface area contributed by atoms with Gasteiger partial charge in [0.2, 0.25) is 0 Å². The molecule has 112 valence electrons. The van der Waals surface area contributed by atoms with Gasteiger partial charge in [0.15, 0.2) is 0 Å². The fourth-order valence-electron chi connectivity index (χ4n) is 1.63. The molecule has 21 heavy (non-hydrogen) atoms. The van der Waals surface area contributed by atoms with Crippen LogP contribution >= 0.6 is 0 Å². The Hall–Kier alpha value is -2.36. The number of benzene rings is 1. The van der Waals surface area contributed by atoms with Crippen LogP contribution < -0.4 is 0 Å². The second kappa shape index (κ2) is 7.43. The molecule has 0 aliphatic carbocycles. The fourth-order valence-corrected chi connectivity index (χ4v) is 1.63. The number of ether oxygens (including phenoxy) is 1. The molecule has 1 N–H and O–H groups in total. The molecule has 2 rings (SSSR count). The third-order valence-electron chi connectivity index (χ3n) is 2.36. The molecule has 0 aliphatic rings. The summed E-state index contributed by atoms with van der Waals surface area (Å²) in [7, 11) is 0. The van der Waals surface area contributed by atoms with Gasteiger partial charge in [0, 0.05) is 11.6 Å². The predicted molar refractivity (Wildman–Crippen MR) is 85.3 cm³/mol. The third-order valence-corrected chi connectivity index (χ3v) is 2.36. The Bertz CT molecular complexity index is 627. The first-order chi connectivity index (χ1) is 9.81.